The predicted molar refractivity (Wildman–Crippen MR) is 74.8 cm³/mol. The fourth-order valence-electron chi connectivity index (χ4n) is 4.17. The maximum Gasteiger partial charge on any atom is 0.222 e. The van der Waals surface area contributed by atoms with Crippen molar-refractivity contribution in [3.63, 3.8) is 0 Å². The first-order valence-electron chi connectivity index (χ1n) is 7.20. The second-order valence-electron chi connectivity index (χ2n) is 6.29. The molecule has 1 saturated heterocycles. The average Bonchev–Trinajstić information content (AvgIpc) is 3.04. The molecule has 4 atom stereocenters. The number of rotatable bonds is 3. The lowest BCUT2D eigenvalue weighted by molar-refractivity contribution is -0.133. The Labute approximate surface area is 116 Å². The van der Waals surface area contributed by atoms with Gasteiger partial charge in [-0.3, -0.25) is 4.79 Å². The molecule has 3 rings (SSSR count). The van der Waals surface area contributed by atoms with E-state index in [-0.39, 0.29) is 12.4 Å². The van der Waals surface area contributed by atoms with Crippen LogP contribution in [-0.2, 0) is 4.79 Å². The second-order valence-corrected chi connectivity index (χ2v) is 6.29. The Hall–Kier alpha value is -0.280. The van der Waals surface area contributed by atoms with Gasteiger partial charge < -0.3 is 10.2 Å². The van der Waals surface area contributed by atoms with Gasteiger partial charge in [0.1, 0.15) is 0 Å². The molecule has 1 aliphatic heterocycles. The Bertz CT molecular complexity index is 304. The minimum Gasteiger partial charge on any atom is -0.341 e. The number of amides is 1. The fourth-order valence-corrected chi connectivity index (χ4v) is 4.17. The van der Waals surface area contributed by atoms with Gasteiger partial charge in [-0.1, -0.05) is 6.42 Å². The van der Waals surface area contributed by atoms with Crippen molar-refractivity contribution in [1.29, 1.82) is 0 Å². The summed E-state index contributed by atoms with van der Waals surface area (Å²) in [6.45, 7) is 2.05. The van der Waals surface area contributed by atoms with Crippen molar-refractivity contribution in [3.8, 4) is 0 Å². The van der Waals surface area contributed by atoms with E-state index in [1.54, 1.807) is 0 Å². The summed E-state index contributed by atoms with van der Waals surface area (Å²) in [4.78, 5) is 14.3. The highest BCUT2D eigenvalue weighted by molar-refractivity contribution is 5.85. The zero-order valence-corrected chi connectivity index (χ0v) is 12.0. The third-order valence-electron chi connectivity index (χ3n) is 5.30. The van der Waals surface area contributed by atoms with Crippen molar-refractivity contribution in [2.75, 3.05) is 20.1 Å². The van der Waals surface area contributed by atoms with Crippen LogP contribution in [0.2, 0.25) is 0 Å². The highest BCUT2D eigenvalue weighted by atomic mass is 35.5. The zero-order valence-electron chi connectivity index (χ0n) is 11.2. The molecule has 3 fully saturated rings. The third kappa shape index (κ3) is 2.67. The van der Waals surface area contributed by atoms with E-state index in [9.17, 15) is 4.79 Å². The Kier molecular flexibility index (Phi) is 4.54. The molecular weight excluding hydrogens is 248 g/mol. The van der Waals surface area contributed by atoms with E-state index in [1.165, 1.54) is 25.7 Å². The number of nitrogens with zero attached hydrogens (tertiary/aromatic N) is 1. The lowest BCUT2D eigenvalue weighted by Gasteiger charge is -2.27. The van der Waals surface area contributed by atoms with Crippen molar-refractivity contribution in [2.45, 2.75) is 44.6 Å². The molecule has 1 heterocycles. The summed E-state index contributed by atoms with van der Waals surface area (Å²) < 4.78 is 0. The van der Waals surface area contributed by atoms with Crippen LogP contribution in [0.4, 0.5) is 0 Å². The molecule has 2 bridgehead atoms. The fraction of sp³-hybridized carbons (Fsp3) is 0.929. The van der Waals surface area contributed by atoms with Crippen LogP contribution in [0, 0.1) is 17.8 Å². The molecule has 0 aromatic carbocycles. The van der Waals surface area contributed by atoms with Crippen molar-refractivity contribution < 1.29 is 4.79 Å². The molecule has 1 amide bonds. The number of carbonyl (C=O) groups is 1. The maximum absolute atomic E-state index is 12.3. The maximum atomic E-state index is 12.3. The molecule has 0 radical (unpaired) electrons. The van der Waals surface area contributed by atoms with Crippen molar-refractivity contribution >= 4 is 18.3 Å². The Balaban J connectivity index is 0.00000120. The smallest absolute Gasteiger partial charge is 0.222 e. The number of fused-ring (bicyclic) bond motifs is 2. The number of likely N-dealkylation sites (N-methyl/N-ethyl adjacent to an activating group) is 1. The topological polar surface area (TPSA) is 32.3 Å². The molecule has 2 saturated carbocycles. The van der Waals surface area contributed by atoms with Gasteiger partial charge in [-0.05, 0) is 50.0 Å². The summed E-state index contributed by atoms with van der Waals surface area (Å²) in [6.07, 6.45) is 7.49. The lowest BCUT2D eigenvalue weighted by Crippen LogP contribution is -2.39. The van der Waals surface area contributed by atoms with E-state index in [0.29, 0.717) is 17.9 Å². The minimum absolute atomic E-state index is 0. The van der Waals surface area contributed by atoms with Gasteiger partial charge in [0.2, 0.25) is 5.91 Å². The highest BCUT2D eigenvalue weighted by Crippen LogP contribution is 2.49. The number of halogens is 1. The van der Waals surface area contributed by atoms with E-state index in [4.69, 9.17) is 0 Å². The van der Waals surface area contributed by atoms with Crippen molar-refractivity contribution in [2.24, 2.45) is 17.8 Å². The van der Waals surface area contributed by atoms with Crippen LogP contribution in [0.25, 0.3) is 0 Å². The summed E-state index contributed by atoms with van der Waals surface area (Å²) in [6, 6.07) is 0.445. The van der Waals surface area contributed by atoms with Gasteiger partial charge in [0, 0.05) is 26.1 Å². The normalized spacial score (nSPS) is 37.6. The Morgan fingerprint density at radius 3 is 2.67 bits per heavy atom. The van der Waals surface area contributed by atoms with E-state index < -0.39 is 0 Å². The van der Waals surface area contributed by atoms with Gasteiger partial charge in [-0.15, -0.1) is 12.4 Å². The molecular formula is C14H25ClN2O. The van der Waals surface area contributed by atoms with E-state index in [2.05, 4.69) is 5.32 Å². The molecule has 4 unspecified atom stereocenters. The van der Waals surface area contributed by atoms with Crippen molar-refractivity contribution in [3.05, 3.63) is 0 Å². The first-order chi connectivity index (χ1) is 8.24. The average molecular weight is 273 g/mol. The van der Waals surface area contributed by atoms with Gasteiger partial charge in [0.05, 0.1) is 0 Å². The molecule has 104 valence electrons. The first kappa shape index (κ1) is 14.1. The zero-order chi connectivity index (χ0) is 11.8. The SMILES string of the molecule is CN(C(=O)CC1CC2CCC1C2)C1CCNC1.Cl. The molecule has 1 N–H and O–H groups in total. The standard InChI is InChI=1S/C14H24N2O.ClH/c1-16(13-4-5-15-9-13)14(17)8-12-7-10-2-3-11(12)6-10;/h10-13,15H,2-9H2,1H3;1H. The second kappa shape index (κ2) is 5.79. The molecule has 4 heteroatoms. The molecule has 18 heavy (non-hydrogen) atoms. The van der Waals surface area contributed by atoms with Crippen LogP contribution >= 0.6 is 12.4 Å². The Morgan fingerprint density at radius 2 is 2.11 bits per heavy atom. The molecule has 0 aromatic heterocycles. The third-order valence-corrected chi connectivity index (χ3v) is 5.30. The molecule has 3 nitrogen and oxygen atoms in total. The summed E-state index contributed by atoms with van der Waals surface area (Å²) >= 11 is 0. The quantitative estimate of drug-likeness (QED) is 0.853. The number of nitrogens with one attached hydrogen (secondary N) is 1. The minimum atomic E-state index is 0. The summed E-state index contributed by atoms with van der Waals surface area (Å²) in [5.41, 5.74) is 0. The predicted octanol–water partition coefficient (Wildman–Crippen LogP) is 2.05. The molecule has 3 aliphatic rings. The monoisotopic (exact) mass is 272 g/mol. The van der Waals surface area contributed by atoms with E-state index >= 15 is 0 Å². The van der Waals surface area contributed by atoms with Gasteiger partial charge in [-0.25, -0.2) is 0 Å². The summed E-state index contributed by atoms with van der Waals surface area (Å²) in [5.74, 6) is 2.92. The number of hydrogen-bond acceptors (Lipinski definition) is 2. The molecule has 0 aromatic rings. The van der Waals surface area contributed by atoms with Crippen LogP contribution in [0.5, 0.6) is 0 Å². The van der Waals surface area contributed by atoms with Crippen molar-refractivity contribution in [1.82, 2.24) is 10.2 Å². The van der Waals surface area contributed by atoms with Gasteiger partial charge in [0.25, 0.3) is 0 Å². The highest BCUT2D eigenvalue weighted by Gasteiger charge is 2.40. The first-order valence-corrected chi connectivity index (χ1v) is 7.20. The van der Waals surface area contributed by atoms with Gasteiger partial charge in [0.15, 0.2) is 0 Å². The van der Waals surface area contributed by atoms with Gasteiger partial charge in [-0.2, -0.15) is 0 Å². The number of carbonyl (C=O) groups excluding carboxylic acids is 1. The lowest BCUT2D eigenvalue weighted by atomic mass is 9.86. The summed E-state index contributed by atoms with van der Waals surface area (Å²) in [5, 5.41) is 3.33. The van der Waals surface area contributed by atoms with Crippen LogP contribution in [0.3, 0.4) is 0 Å². The van der Waals surface area contributed by atoms with E-state index in [1.807, 2.05) is 11.9 Å². The Morgan fingerprint density at radius 1 is 1.28 bits per heavy atom. The van der Waals surface area contributed by atoms with E-state index in [0.717, 1.165) is 37.8 Å². The number of hydrogen-bond donors (Lipinski definition) is 1. The van der Waals surface area contributed by atoms with Crippen LogP contribution < -0.4 is 5.32 Å². The summed E-state index contributed by atoms with van der Waals surface area (Å²) in [7, 11) is 1.99. The van der Waals surface area contributed by atoms with Crippen LogP contribution in [0.15, 0.2) is 0 Å². The van der Waals surface area contributed by atoms with Crippen LogP contribution in [0.1, 0.15) is 38.5 Å². The van der Waals surface area contributed by atoms with Gasteiger partial charge >= 0.3 is 0 Å². The largest absolute Gasteiger partial charge is 0.341 e. The molecule has 0 spiro atoms. The molecule has 2 aliphatic carbocycles. The van der Waals surface area contributed by atoms with Crippen LogP contribution in [-0.4, -0.2) is 37.0 Å².